The highest BCUT2D eigenvalue weighted by Gasteiger charge is 2.52. The first-order chi connectivity index (χ1) is 10.4. The zero-order valence-electron chi connectivity index (χ0n) is 14.1. The summed E-state index contributed by atoms with van der Waals surface area (Å²) < 4.78 is 19.8. The van der Waals surface area contributed by atoms with Gasteiger partial charge in [-0.1, -0.05) is 12.1 Å². The minimum atomic E-state index is -0.327. The van der Waals surface area contributed by atoms with Crippen LogP contribution >= 0.6 is 0 Å². The molecule has 4 nitrogen and oxygen atoms in total. The number of benzene rings is 1. The lowest BCUT2D eigenvalue weighted by molar-refractivity contribution is 0.00578. The van der Waals surface area contributed by atoms with Gasteiger partial charge in [-0.25, -0.2) is 0 Å². The highest BCUT2D eigenvalue weighted by molar-refractivity contribution is 6.65. The minimum absolute atomic E-state index is 0.321. The second kappa shape index (κ2) is 5.41. The van der Waals surface area contributed by atoms with Crippen LogP contribution in [0, 0.1) is 0 Å². The number of methoxy groups -OCH3 is 1. The maximum Gasteiger partial charge on any atom is 0.495 e. The summed E-state index contributed by atoms with van der Waals surface area (Å²) in [5.74, 6) is 0. The molecule has 0 radical (unpaired) electrons. The molecule has 2 aromatic rings. The van der Waals surface area contributed by atoms with Crippen LogP contribution in [0.3, 0.4) is 0 Å². The zero-order chi connectivity index (χ0) is 16.0. The first-order valence-corrected chi connectivity index (χ1v) is 7.78. The largest absolute Gasteiger partial charge is 0.495 e. The molecule has 0 spiro atoms. The van der Waals surface area contributed by atoms with Crippen LogP contribution in [0.1, 0.15) is 27.7 Å². The summed E-state index contributed by atoms with van der Waals surface area (Å²) >= 11 is 0. The molecule has 3 rings (SSSR count). The predicted molar refractivity (Wildman–Crippen MR) is 89.5 cm³/mol. The zero-order valence-corrected chi connectivity index (χ0v) is 14.1. The van der Waals surface area contributed by atoms with Crippen molar-refractivity contribution in [2.45, 2.75) is 45.4 Å². The van der Waals surface area contributed by atoms with Gasteiger partial charge in [0, 0.05) is 25.4 Å². The van der Waals surface area contributed by atoms with Crippen molar-refractivity contribution in [2.75, 3.05) is 13.7 Å². The van der Waals surface area contributed by atoms with Gasteiger partial charge in [-0.2, -0.15) is 0 Å². The van der Waals surface area contributed by atoms with E-state index < -0.39 is 0 Å². The van der Waals surface area contributed by atoms with E-state index in [1.807, 2.05) is 0 Å². The van der Waals surface area contributed by atoms with Gasteiger partial charge >= 0.3 is 7.12 Å². The number of ether oxygens (including phenoxy) is 1. The average molecular weight is 301 g/mol. The standard InChI is InChI=1S/C17H24BNO3/c1-16(2)17(3,4)22-18(21-16)14-7-6-8-15-13(14)9-10-19(15)11-12-20-5/h6-10H,11-12H2,1-5H3. The van der Waals surface area contributed by atoms with Crippen molar-refractivity contribution in [3.05, 3.63) is 30.5 Å². The van der Waals surface area contributed by atoms with Crippen molar-refractivity contribution in [2.24, 2.45) is 0 Å². The summed E-state index contributed by atoms with van der Waals surface area (Å²) in [6.45, 7) is 9.86. The van der Waals surface area contributed by atoms with E-state index in [4.69, 9.17) is 14.0 Å². The molecule has 1 aromatic carbocycles. The fraction of sp³-hybridized carbons (Fsp3) is 0.529. The molecular weight excluding hydrogens is 277 g/mol. The van der Waals surface area contributed by atoms with E-state index in [-0.39, 0.29) is 18.3 Å². The number of nitrogens with zero attached hydrogens (tertiary/aromatic N) is 1. The molecule has 0 N–H and O–H groups in total. The van der Waals surface area contributed by atoms with Crippen LogP contribution in [0.15, 0.2) is 30.5 Å². The van der Waals surface area contributed by atoms with E-state index in [2.05, 4.69) is 62.7 Å². The Morgan fingerprint density at radius 1 is 1.09 bits per heavy atom. The molecule has 0 aliphatic carbocycles. The van der Waals surface area contributed by atoms with E-state index in [9.17, 15) is 0 Å². The molecule has 1 saturated heterocycles. The Morgan fingerprint density at radius 2 is 1.77 bits per heavy atom. The number of rotatable bonds is 4. The van der Waals surface area contributed by atoms with Crippen molar-refractivity contribution >= 4 is 23.5 Å². The summed E-state index contributed by atoms with van der Waals surface area (Å²) in [4.78, 5) is 0. The summed E-state index contributed by atoms with van der Waals surface area (Å²) in [5.41, 5.74) is 1.63. The highest BCUT2D eigenvalue weighted by atomic mass is 16.7. The summed E-state index contributed by atoms with van der Waals surface area (Å²) in [6.07, 6.45) is 2.10. The lowest BCUT2D eigenvalue weighted by atomic mass is 9.77. The first kappa shape index (κ1) is 15.6. The number of hydrogen-bond donors (Lipinski definition) is 0. The van der Waals surface area contributed by atoms with Gasteiger partial charge in [0.05, 0.1) is 17.8 Å². The molecule has 0 unspecified atom stereocenters. The third kappa shape index (κ3) is 2.47. The molecule has 22 heavy (non-hydrogen) atoms. The molecule has 118 valence electrons. The van der Waals surface area contributed by atoms with Crippen molar-refractivity contribution in [3.63, 3.8) is 0 Å². The Morgan fingerprint density at radius 3 is 2.41 bits per heavy atom. The summed E-state index contributed by atoms with van der Waals surface area (Å²) in [7, 11) is 1.40. The molecular formula is C17H24BNO3. The Labute approximate surface area is 132 Å². The number of fused-ring (bicyclic) bond motifs is 1. The van der Waals surface area contributed by atoms with Crippen LogP contribution in [0.2, 0.25) is 0 Å². The fourth-order valence-electron chi connectivity index (χ4n) is 2.81. The SMILES string of the molecule is COCCn1ccc2c(B3OC(C)(C)C(C)(C)O3)cccc21. The maximum absolute atomic E-state index is 6.19. The topological polar surface area (TPSA) is 32.6 Å². The second-order valence-corrected chi connectivity index (χ2v) is 6.87. The van der Waals surface area contributed by atoms with Gasteiger partial charge in [-0.15, -0.1) is 0 Å². The monoisotopic (exact) mass is 301 g/mol. The molecule has 0 amide bonds. The summed E-state index contributed by atoms with van der Waals surface area (Å²) in [6, 6.07) is 8.41. The van der Waals surface area contributed by atoms with Crippen LogP contribution in [0.4, 0.5) is 0 Å². The minimum Gasteiger partial charge on any atom is -0.399 e. The fourth-order valence-corrected chi connectivity index (χ4v) is 2.81. The van der Waals surface area contributed by atoms with E-state index in [0.717, 1.165) is 12.0 Å². The van der Waals surface area contributed by atoms with Gasteiger partial charge in [0.2, 0.25) is 0 Å². The lowest BCUT2D eigenvalue weighted by Crippen LogP contribution is -2.41. The second-order valence-electron chi connectivity index (χ2n) is 6.87. The molecule has 0 bridgehead atoms. The van der Waals surface area contributed by atoms with Crippen molar-refractivity contribution in [1.29, 1.82) is 0 Å². The Hall–Kier alpha value is -1.30. The summed E-state index contributed by atoms with van der Waals surface area (Å²) in [5, 5.41) is 1.18. The first-order valence-electron chi connectivity index (χ1n) is 7.78. The van der Waals surface area contributed by atoms with Gasteiger partial charge in [0.15, 0.2) is 0 Å². The van der Waals surface area contributed by atoms with Gasteiger partial charge in [-0.05, 0) is 50.7 Å². The van der Waals surface area contributed by atoms with E-state index >= 15 is 0 Å². The van der Waals surface area contributed by atoms with Crippen molar-refractivity contribution < 1.29 is 14.0 Å². The van der Waals surface area contributed by atoms with E-state index in [0.29, 0.717) is 6.61 Å². The van der Waals surface area contributed by atoms with Crippen LogP contribution in [0.5, 0.6) is 0 Å². The predicted octanol–water partition coefficient (Wildman–Crippen LogP) is 2.59. The molecule has 1 aliphatic rings. The molecule has 0 atom stereocenters. The molecule has 5 heteroatoms. The van der Waals surface area contributed by atoms with Crippen LogP contribution < -0.4 is 5.46 Å². The lowest BCUT2D eigenvalue weighted by Gasteiger charge is -2.32. The smallest absolute Gasteiger partial charge is 0.399 e. The quantitative estimate of drug-likeness (QED) is 0.814. The molecule has 0 saturated carbocycles. The highest BCUT2D eigenvalue weighted by Crippen LogP contribution is 2.37. The third-order valence-corrected chi connectivity index (χ3v) is 4.89. The third-order valence-electron chi connectivity index (χ3n) is 4.89. The Kier molecular flexibility index (Phi) is 3.83. The van der Waals surface area contributed by atoms with Gasteiger partial charge in [0.1, 0.15) is 0 Å². The van der Waals surface area contributed by atoms with E-state index in [1.165, 1.54) is 10.9 Å². The van der Waals surface area contributed by atoms with Gasteiger partial charge in [-0.3, -0.25) is 0 Å². The molecule has 1 aromatic heterocycles. The van der Waals surface area contributed by atoms with Crippen molar-refractivity contribution in [3.8, 4) is 0 Å². The maximum atomic E-state index is 6.19. The number of hydrogen-bond acceptors (Lipinski definition) is 3. The van der Waals surface area contributed by atoms with Crippen LogP contribution in [0.25, 0.3) is 10.9 Å². The molecule has 2 heterocycles. The normalized spacial score (nSPS) is 20.0. The van der Waals surface area contributed by atoms with Gasteiger partial charge < -0.3 is 18.6 Å². The number of aromatic nitrogens is 1. The van der Waals surface area contributed by atoms with Crippen molar-refractivity contribution in [1.82, 2.24) is 4.57 Å². The van der Waals surface area contributed by atoms with E-state index in [1.54, 1.807) is 7.11 Å². The van der Waals surface area contributed by atoms with Crippen LogP contribution in [-0.2, 0) is 20.6 Å². The average Bonchev–Trinajstić information content (AvgIpc) is 2.95. The Bertz CT molecular complexity index is 662. The Balaban J connectivity index is 1.97. The van der Waals surface area contributed by atoms with Crippen LogP contribution in [-0.4, -0.2) is 36.6 Å². The molecule has 1 aliphatic heterocycles. The molecule has 1 fully saturated rings. The van der Waals surface area contributed by atoms with Gasteiger partial charge in [0.25, 0.3) is 0 Å².